The molecule has 2 aliphatic rings. The molecule has 1 amide bonds. The lowest BCUT2D eigenvalue weighted by Crippen LogP contribution is -2.49. The average Bonchev–Trinajstić information content (AvgIpc) is 2.63. The van der Waals surface area contributed by atoms with E-state index in [1.165, 1.54) is 32.1 Å². The summed E-state index contributed by atoms with van der Waals surface area (Å²) in [5.41, 5.74) is 0.0139. The van der Waals surface area contributed by atoms with Crippen LogP contribution in [0.5, 0.6) is 0 Å². The standard InChI is InChI=1S/C20H27NO3/c22-18(15-16-7-3-1-4-8-16)21-13-11-20(12-14-21,19(23)24)17-9-5-2-6-10-17/h2,5-6,9-10,16H,1,3-4,7-8,11-15H2,(H,23,24). The third-order valence-corrected chi connectivity index (χ3v) is 5.89. The number of carbonyl (C=O) groups excluding carboxylic acids is 1. The number of benzene rings is 1. The van der Waals surface area contributed by atoms with Gasteiger partial charge in [0.2, 0.25) is 5.91 Å². The van der Waals surface area contributed by atoms with Crippen LogP contribution in [0.3, 0.4) is 0 Å². The van der Waals surface area contributed by atoms with Crippen LogP contribution in [0.15, 0.2) is 30.3 Å². The van der Waals surface area contributed by atoms with Gasteiger partial charge in [0, 0.05) is 19.5 Å². The van der Waals surface area contributed by atoms with Gasteiger partial charge in [-0.2, -0.15) is 0 Å². The number of rotatable bonds is 4. The molecule has 1 aliphatic heterocycles. The van der Waals surface area contributed by atoms with E-state index in [-0.39, 0.29) is 5.91 Å². The number of amides is 1. The lowest BCUT2D eigenvalue weighted by molar-refractivity contribution is -0.148. The summed E-state index contributed by atoms with van der Waals surface area (Å²) in [5, 5.41) is 9.82. The fourth-order valence-corrected chi connectivity index (χ4v) is 4.29. The summed E-state index contributed by atoms with van der Waals surface area (Å²) in [6, 6.07) is 9.48. The van der Waals surface area contributed by atoms with Crippen molar-refractivity contribution >= 4 is 11.9 Å². The van der Waals surface area contributed by atoms with Gasteiger partial charge in [0.1, 0.15) is 0 Å². The van der Waals surface area contributed by atoms with Crippen molar-refractivity contribution in [1.29, 1.82) is 0 Å². The van der Waals surface area contributed by atoms with Crippen molar-refractivity contribution in [3.05, 3.63) is 35.9 Å². The molecule has 0 radical (unpaired) electrons. The van der Waals surface area contributed by atoms with E-state index in [2.05, 4.69) is 0 Å². The second kappa shape index (κ2) is 7.37. The molecule has 24 heavy (non-hydrogen) atoms. The monoisotopic (exact) mass is 329 g/mol. The van der Waals surface area contributed by atoms with Crippen molar-refractivity contribution in [3.8, 4) is 0 Å². The molecule has 1 aromatic carbocycles. The molecule has 0 atom stereocenters. The molecule has 1 N–H and O–H groups in total. The molecule has 0 bridgehead atoms. The number of hydrogen-bond acceptors (Lipinski definition) is 2. The van der Waals surface area contributed by atoms with Gasteiger partial charge in [0.05, 0.1) is 5.41 Å². The third kappa shape index (κ3) is 3.47. The second-order valence-electron chi connectivity index (χ2n) is 7.34. The van der Waals surface area contributed by atoms with Crippen LogP contribution in [-0.4, -0.2) is 35.0 Å². The summed E-state index contributed by atoms with van der Waals surface area (Å²) in [7, 11) is 0. The fraction of sp³-hybridized carbons (Fsp3) is 0.600. The molecule has 1 aromatic rings. The number of aliphatic carboxylic acids is 1. The Kier molecular flexibility index (Phi) is 5.22. The van der Waals surface area contributed by atoms with Crippen LogP contribution in [0.4, 0.5) is 0 Å². The Morgan fingerprint density at radius 2 is 1.67 bits per heavy atom. The van der Waals surface area contributed by atoms with Crippen LogP contribution < -0.4 is 0 Å². The van der Waals surface area contributed by atoms with Crippen molar-refractivity contribution in [2.75, 3.05) is 13.1 Å². The molecule has 4 nitrogen and oxygen atoms in total. The number of nitrogens with zero attached hydrogens (tertiary/aromatic N) is 1. The van der Waals surface area contributed by atoms with Crippen molar-refractivity contribution < 1.29 is 14.7 Å². The fourth-order valence-electron chi connectivity index (χ4n) is 4.29. The maximum Gasteiger partial charge on any atom is 0.314 e. The number of likely N-dealkylation sites (tertiary alicyclic amines) is 1. The first-order valence-corrected chi connectivity index (χ1v) is 9.18. The van der Waals surface area contributed by atoms with Crippen LogP contribution >= 0.6 is 0 Å². The Morgan fingerprint density at radius 3 is 2.25 bits per heavy atom. The maximum atomic E-state index is 12.6. The SMILES string of the molecule is O=C(CC1CCCCC1)N1CCC(C(=O)O)(c2ccccc2)CC1. The van der Waals surface area contributed by atoms with E-state index in [0.29, 0.717) is 38.3 Å². The molecule has 1 saturated heterocycles. The summed E-state index contributed by atoms with van der Waals surface area (Å²) in [4.78, 5) is 26.4. The minimum Gasteiger partial charge on any atom is -0.481 e. The Balaban J connectivity index is 1.63. The zero-order chi connectivity index (χ0) is 17.0. The van der Waals surface area contributed by atoms with Gasteiger partial charge in [-0.3, -0.25) is 9.59 Å². The zero-order valence-electron chi connectivity index (χ0n) is 14.2. The summed E-state index contributed by atoms with van der Waals surface area (Å²) >= 11 is 0. The van der Waals surface area contributed by atoms with Crippen LogP contribution in [0.1, 0.15) is 56.9 Å². The van der Waals surface area contributed by atoms with Crippen molar-refractivity contribution in [2.45, 2.75) is 56.8 Å². The molecule has 1 aliphatic carbocycles. The Bertz CT molecular complexity index is 570. The predicted molar refractivity (Wildman–Crippen MR) is 92.8 cm³/mol. The number of piperidine rings is 1. The van der Waals surface area contributed by atoms with Gasteiger partial charge in [-0.25, -0.2) is 0 Å². The molecule has 0 spiro atoms. The van der Waals surface area contributed by atoms with Crippen molar-refractivity contribution in [2.24, 2.45) is 5.92 Å². The smallest absolute Gasteiger partial charge is 0.314 e. The highest BCUT2D eigenvalue weighted by Crippen LogP contribution is 2.36. The lowest BCUT2D eigenvalue weighted by Gasteiger charge is -2.39. The molecular formula is C20H27NO3. The first-order valence-electron chi connectivity index (χ1n) is 9.18. The largest absolute Gasteiger partial charge is 0.481 e. The highest BCUT2D eigenvalue weighted by Gasteiger charge is 2.43. The number of carbonyl (C=O) groups is 2. The average molecular weight is 329 g/mol. The van der Waals surface area contributed by atoms with Gasteiger partial charge in [0.15, 0.2) is 0 Å². The summed E-state index contributed by atoms with van der Waals surface area (Å²) in [6.07, 6.45) is 7.77. The second-order valence-corrected chi connectivity index (χ2v) is 7.34. The first kappa shape index (κ1) is 17.0. The first-order chi connectivity index (χ1) is 11.6. The van der Waals surface area contributed by atoms with E-state index in [9.17, 15) is 14.7 Å². The third-order valence-electron chi connectivity index (χ3n) is 5.89. The van der Waals surface area contributed by atoms with Gasteiger partial charge >= 0.3 is 5.97 Å². The number of carboxylic acid groups (broad SMARTS) is 1. The van der Waals surface area contributed by atoms with Gasteiger partial charge in [-0.1, -0.05) is 49.6 Å². The summed E-state index contributed by atoms with van der Waals surface area (Å²) < 4.78 is 0. The van der Waals surface area contributed by atoms with Crippen molar-refractivity contribution in [1.82, 2.24) is 4.90 Å². The van der Waals surface area contributed by atoms with Crippen LogP contribution in [-0.2, 0) is 15.0 Å². The van der Waals surface area contributed by atoms with Gasteiger partial charge < -0.3 is 10.0 Å². The van der Waals surface area contributed by atoms with Crippen LogP contribution in [0.25, 0.3) is 0 Å². The molecule has 4 heteroatoms. The van der Waals surface area contributed by atoms with E-state index in [1.807, 2.05) is 35.2 Å². The Morgan fingerprint density at radius 1 is 1.04 bits per heavy atom. The quantitative estimate of drug-likeness (QED) is 0.918. The highest BCUT2D eigenvalue weighted by atomic mass is 16.4. The number of carboxylic acids is 1. The van der Waals surface area contributed by atoms with Crippen LogP contribution in [0, 0.1) is 5.92 Å². The van der Waals surface area contributed by atoms with E-state index in [4.69, 9.17) is 0 Å². The predicted octanol–water partition coefficient (Wildman–Crippen LogP) is 3.60. The molecule has 0 aromatic heterocycles. The maximum absolute atomic E-state index is 12.6. The molecule has 0 unspecified atom stereocenters. The zero-order valence-corrected chi connectivity index (χ0v) is 14.2. The van der Waals surface area contributed by atoms with E-state index in [1.54, 1.807) is 0 Å². The summed E-state index contributed by atoms with van der Waals surface area (Å²) in [5.74, 6) is -0.0199. The lowest BCUT2D eigenvalue weighted by atomic mass is 9.72. The summed E-state index contributed by atoms with van der Waals surface area (Å²) in [6.45, 7) is 1.10. The topological polar surface area (TPSA) is 57.6 Å². The minimum absolute atomic E-state index is 0.217. The van der Waals surface area contributed by atoms with Crippen LogP contribution in [0.2, 0.25) is 0 Å². The number of hydrogen-bond donors (Lipinski definition) is 1. The van der Waals surface area contributed by atoms with E-state index in [0.717, 1.165) is 5.56 Å². The van der Waals surface area contributed by atoms with Crippen molar-refractivity contribution in [3.63, 3.8) is 0 Å². The highest BCUT2D eigenvalue weighted by molar-refractivity contribution is 5.82. The van der Waals surface area contributed by atoms with Gasteiger partial charge in [-0.15, -0.1) is 0 Å². The van der Waals surface area contributed by atoms with Gasteiger partial charge in [-0.05, 0) is 37.2 Å². The normalized spacial score (nSPS) is 21.4. The molecular weight excluding hydrogens is 302 g/mol. The van der Waals surface area contributed by atoms with E-state index >= 15 is 0 Å². The van der Waals surface area contributed by atoms with E-state index < -0.39 is 11.4 Å². The van der Waals surface area contributed by atoms with Gasteiger partial charge in [0.25, 0.3) is 0 Å². The molecule has 1 saturated carbocycles. The Hall–Kier alpha value is -1.84. The Labute approximate surface area is 143 Å². The molecule has 2 fully saturated rings. The molecule has 1 heterocycles. The molecule has 3 rings (SSSR count). The minimum atomic E-state index is -0.844. The molecule has 130 valence electrons.